The molecule has 14 heavy (non-hydrogen) atoms. The largest absolute Gasteiger partial charge is 0.506 e. The number of aromatic hydroxyl groups is 1. The first kappa shape index (κ1) is 9.46. The Morgan fingerprint density at radius 3 is 3.00 bits per heavy atom. The van der Waals surface area contributed by atoms with Gasteiger partial charge in [0.2, 0.25) is 0 Å². The summed E-state index contributed by atoms with van der Waals surface area (Å²) in [5.41, 5.74) is 1.71. The molecule has 3 heteroatoms. The highest BCUT2D eigenvalue weighted by Gasteiger charge is 2.20. The molecule has 0 atom stereocenters. The Labute approximate surface area is 84.2 Å². The lowest BCUT2D eigenvalue weighted by molar-refractivity contribution is 0.458. The standard InChI is InChI=1S/C11H16N2O/c1-8-2-5-11(14)10(13-8)7-12-6-9-3-4-9/h2,5,9,12,14H,3-4,6-7H2,1H3. The van der Waals surface area contributed by atoms with E-state index in [1.807, 2.05) is 13.0 Å². The monoisotopic (exact) mass is 192 g/mol. The Kier molecular flexibility index (Phi) is 2.68. The molecule has 0 saturated heterocycles. The second-order valence-electron chi connectivity index (χ2n) is 3.99. The fourth-order valence-corrected chi connectivity index (χ4v) is 1.45. The van der Waals surface area contributed by atoms with Crippen molar-refractivity contribution in [3.63, 3.8) is 0 Å². The van der Waals surface area contributed by atoms with Gasteiger partial charge in [-0.15, -0.1) is 0 Å². The van der Waals surface area contributed by atoms with E-state index in [1.54, 1.807) is 6.07 Å². The number of hydrogen-bond acceptors (Lipinski definition) is 3. The summed E-state index contributed by atoms with van der Waals surface area (Å²) in [5, 5.41) is 12.8. The predicted molar refractivity (Wildman–Crippen MR) is 55.1 cm³/mol. The number of pyridine rings is 1. The Morgan fingerprint density at radius 1 is 1.50 bits per heavy atom. The average molecular weight is 192 g/mol. The van der Waals surface area contributed by atoms with Crippen molar-refractivity contribution in [3.8, 4) is 5.75 Å². The van der Waals surface area contributed by atoms with Crippen LogP contribution in [0.3, 0.4) is 0 Å². The van der Waals surface area contributed by atoms with Gasteiger partial charge < -0.3 is 10.4 Å². The fraction of sp³-hybridized carbons (Fsp3) is 0.545. The molecule has 1 heterocycles. The topological polar surface area (TPSA) is 45.1 Å². The summed E-state index contributed by atoms with van der Waals surface area (Å²) in [4.78, 5) is 4.28. The van der Waals surface area contributed by atoms with Crippen molar-refractivity contribution in [2.24, 2.45) is 5.92 Å². The molecule has 1 fully saturated rings. The summed E-state index contributed by atoms with van der Waals surface area (Å²) >= 11 is 0. The lowest BCUT2D eigenvalue weighted by atomic mass is 10.3. The summed E-state index contributed by atoms with van der Waals surface area (Å²) in [6.07, 6.45) is 2.69. The minimum atomic E-state index is 0.291. The second kappa shape index (κ2) is 3.96. The SMILES string of the molecule is Cc1ccc(O)c(CNCC2CC2)n1. The van der Waals surface area contributed by atoms with Gasteiger partial charge in [-0.3, -0.25) is 4.98 Å². The maximum atomic E-state index is 9.51. The molecule has 0 aromatic carbocycles. The highest BCUT2D eigenvalue weighted by molar-refractivity contribution is 5.27. The van der Waals surface area contributed by atoms with Crippen LogP contribution >= 0.6 is 0 Å². The molecule has 2 rings (SSSR count). The average Bonchev–Trinajstić information content (AvgIpc) is 2.95. The van der Waals surface area contributed by atoms with Crippen molar-refractivity contribution in [3.05, 3.63) is 23.5 Å². The second-order valence-corrected chi connectivity index (χ2v) is 3.99. The van der Waals surface area contributed by atoms with Crippen LogP contribution in [0.4, 0.5) is 0 Å². The third kappa shape index (κ3) is 2.45. The van der Waals surface area contributed by atoms with Crippen LogP contribution in [0.1, 0.15) is 24.2 Å². The normalized spacial score (nSPS) is 15.8. The van der Waals surface area contributed by atoms with Crippen LogP contribution in [0.5, 0.6) is 5.75 Å². The zero-order chi connectivity index (χ0) is 9.97. The molecule has 1 aliphatic carbocycles. The van der Waals surface area contributed by atoms with Crippen LogP contribution in [0.2, 0.25) is 0 Å². The summed E-state index contributed by atoms with van der Waals surface area (Å²) < 4.78 is 0. The summed E-state index contributed by atoms with van der Waals surface area (Å²) in [6.45, 7) is 3.66. The number of aryl methyl sites for hydroxylation is 1. The summed E-state index contributed by atoms with van der Waals surface area (Å²) in [6, 6.07) is 3.52. The molecule has 76 valence electrons. The highest BCUT2D eigenvalue weighted by atomic mass is 16.3. The number of aromatic nitrogens is 1. The van der Waals surface area contributed by atoms with Gasteiger partial charge in [0.25, 0.3) is 0 Å². The van der Waals surface area contributed by atoms with Gasteiger partial charge in [-0.2, -0.15) is 0 Å². The van der Waals surface area contributed by atoms with Crippen LogP contribution < -0.4 is 5.32 Å². The van der Waals surface area contributed by atoms with Gasteiger partial charge in [-0.1, -0.05) is 0 Å². The van der Waals surface area contributed by atoms with Gasteiger partial charge in [0.1, 0.15) is 5.75 Å². The Hall–Kier alpha value is -1.09. The molecule has 3 nitrogen and oxygen atoms in total. The Bertz CT molecular complexity index is 321. The molecule has 1 aromatic heterocycles. The number of nitrogens with zero attached hydrogens (tertiary/aromatic N) is 1. The first-order valence-corrected chi connectivity index (χ1v) is 5.12. The maximum absolute atomic E-state index is 9.51. The van der Waals surface area contributed by atoms with Crippen molar-refractivity contribution < 1.29 is 5.11 Å². The molecule has 0 radical (unpaired) electrons. The van der Waals surface area contributed by atoms with Crippen LogP contribution in [-0.2, 0) is 6.54 Å². The molecule has 1 aromatic rings. The predicted octanol–water partition coefficient (Wildman–Crippen LogP) is 1.60. The van der Waals surface area contributed by atoms with Crippen molar-refractivity contribution in [2.45, 2.75) is 26.3 Å². The van der Waals surface area contributed by atoms with Gasteiger partial charge in [0.05, 0.1) is 5.69 Å². The van der Waals surface area contributed by atoms with Gasteiger partial charge in [-0.05, 0) is 44.4 Å². The van der Waals surface area contributed by atoms with Crippen molar-refractivity contribution in [1.29, 1.82) is 0 Å². The van der Waals surface area contributed by atoms with Crippen LogP contribution in [-0.4, -0.2) is 16.6 Å². The Morgan fingerprint density at radius 2 is 2.29 bits per heavy atom. The van der Waals surface area contributed by atoms with Crippen LogP contribution in [0, 0.1) is 12.8 Å². The zero-order valence-corrected chi connectivity index (χ0v) is 8.45. The van der Waals surface area contributed by atoms with Gasteiger partial charge in [0, 0.05) is 12.2 Å². The molecule has 2 N–H and O–H groups in total. The zero-order valence-electron chi connectivity index (χ0n) is 8.45. The summed E-state index contributed by atoms with van der Waals surface area (Å²) in [5.74, 6) is 1.15. The lowest BCUT2D eigenvalue weighted by Crippen LogP contribution is -2.17. The molecule has 0 unspecified atom stereocenters. The molecule has 0 bridgehead atoms. The minimum Gasteiger partial charge on any atom is -0.506 e. The van der Waals surface area contributed by atoms with E-state index in [9.17, 15) is 5.11 Å². The van der Waals surface area contributed by atoms with Crippen molar-refractivity contribution >= 4 is 0 Å². The molecule has 0 amide bonds. The van der Waals surface area contributed by atoms with E-state index < -0.39 is 0 Å². The smallest absolute Gasteiger partial charge is 0.138 e. The van der Waals surface area contributed by atoms with E-state index in [4.69, 9.17) is 0 Å². The van der Waals surface area contributed by atoms with E-state index >= 15 is 0 Å². The Balaban J connectivity index is 1.89. The molecule has 1 aliphatic rings. The van der Waals surface area contributed by atoms with Crippen molar-refractivity contribution in [1.82, 2.24) is 10.3 Å². The van der Waals surface area contributed by atoms with Crippen molar-refractivity contribution in [2.75, 3.05) is 6.54 Å². The molecule has 1 saturated carbocycles. The molecule has 0 spiro atoms. The molecule has 0 aliphatic heterocycles. The van der Waals surface area contributed by atoms with E-state index in [2.05, 4.69) is 10.3 Å². The third-order valence-corrected chi connectivity index (χ3v) is 2.51. The quantitative estimate of drug-likeness (QED) is 0.761. The summed E-state index contributed by atoms with van der Waals surface area (Å²) in [7, 11) is 0. The third-order valence-electron chi connectivity index (χ3n) is 2.51. The number of rotatable bonds is 4. The fourth-order valence-electron chi connectivity index (χ4n) is 1.45. The molecular weight excluding hydrogens is 176 g/mol. The van der Waals surface area contributed by atoms with E-state index in [0.717, 1.165) is 23.9 Å². The van der Waals surface area contributed by atoms with E-state index in [1.165, 1.54) is 12.8 Å². The molecular formula is C11H16N2O. The first-order chi connectivity index (χ1) is 6.75. The highest BCUT2D eigenvalue weighted by Crippen LogP contribution is 2.27. The van der Waals surface area contributed by atoms with Gasteiger partial charge >= 0.3 is 0 Å². The van der Waals surface area contributed by atoms with Crippen LogP contribution in [0.25, 0.3) is 0 Å². The maximum Gasteiger partial charge on any atom is 0.138 e. The first-order valence-electron chi connectivity index (χ1n) is 5.12. The van der Waals surface area contributed by atoms with E-state index in [-0.39, 0.29) is 0 Å². The van der Waals surface area contributed by atoms with Gasteiger partial charge in [0.15, 0.2) is 0 Å². The number of nitrogens with one attached hydrogen (secondary N) is 1. The lowest BCUT2D eigenvalue weighted by Gasteiger charge is -2.05. The van der Waals surface area contributed by atoms with Gasteiger partial charge in [-0.25, -0.2) is 0 Å². The minimum absolute atomic E-state index is 0.291. The number of hydrogen-bond donors (Lipinski definition) is 2. The van der Waals surface area contributed by atoms with Crippen LogP contribution in [0.15, 0.2) is 12.1 Å². The van der Waals surface area contributed by atoms with E-state index in [0.29, 0.717) is 12.3 Å².